The number of carboxylic acid groups (broad SMARTS) is 1. The van der Waals surface area contributed by atoms with Crippen molar-refractivity contribution >= 4 is 17.8 Å². The molecule has 0 aromatic heterocycles. The van der Waals surface area contributed by atoms with Gasteiger partial charge in [-0.1, -0.05) is 36.4 Å². The molecule has 0 amide bonds. The molecule has 0 heterocycles. The normalized spacial score (nSPS) is 10.8. The molecule has 0 aliphatic carbocycles. The van der Waals surface area contributed by atoms with Crippen LogP contribution in [0.15, 0.2) is 54.1 Å². The molecule has 0 aliphatic heterocycles. The lowest BCUT2D eigenvalue weighted by Gasteiger charge is -2.03. The number of carboxylic acids is 1. The molecule has 2 aromatic carbocycles. The highest BCUT2D eigenvalue weighted by atomic mass is 16.4. The second-order valence-corrected chi connectivity index (χ2v) is 4.74. The Labute approximate surface area is 127 Å². The van der Waals surface area contributed by atoms with E-state index in [9.17, 15) is 14.9 Å². The van der Waals surface area contributed by atoms with Crippen LogP contribution in [-0.2, 0) is 0 Å². The number of carbonyl (C=O) groups excluding carboxylic acids is 1. The lowest BCUT2D eigenvalue weighted by molar-refractivity contribution is 0.0696. The molecule has 0 radical (unpaired) electrons. The Balaban J connectivity index is 2.36. The molecule has 0 fully saturated rings. The fourth-order valence-corrected chi connectivity index (χ4v) is 2.01. The molecule has 1 N–H and O–H groups in total. The first-order valence-electron chi connectivity index (χ1n) is 6.58. The smallest absolute Gasteiger partial charge is 0.335 e. The van der Waals surface area contributed by atoms with Crippen LogP contribution in [0.3, 0.4) is 0 Å². The van der Waals surface area contributed by atoms with Crippen LogP contribution < -0.4 is 0 Å². The number of allylic oxidation sites excluding steroid dienone is 1. The number of hydrogen-bond acceptors (Lipinski definition) is 3. The van der Waals surface area contributed by atoms with Gasteiger partial charge in [0.25, 0.3) is 0 Å². The monoisotopic (exact) mass is 291 g/mol. The number of Topliss-reactive ketones (excluding diaryl/α,β-unsaturated/α-hetero) is 1. The largest absolute Gasteiger partial charge is 0.478 e. The van der Waals surface area contributed by atoms with E-state index in [-0.39, 0.29) is 16.9 Å². The molecule has 4 heteroatoms. The van der Waals surface area contributed by atoms with Crippen molar-refractivity contribution in [3.8, 4) is 6.07 Å². The number of ketones is 1. The first kappa shape index (κ1) is 15.2. The minimum Gasteiger partial charge on any atom is -0.478 e. The van der Waals surface area contributed by atoms with Crippen molar-refractivity contribution in [2.75, 3.05) is 0 Å². The second-order valence-electron chi connectivity index (χ2n) is 4.74. The van der Waals surface area contributed by atoms with E-state index in [1.165, 1.54) is 18.2 Å². The van der Waals surface area contributed by atoms with Crippen LogP contribution in [0.25, 0.3) is 6.08 Å². The van der Waals surface area contributed by atoms with E-state index in [0.29, 0.717) is 11.1 Å². The van der Waals surface area contributed by atoms with Gasteiger partial charge in [0.1, 0.15) is 11.6 Å². The first-order valence-corrected chi connectivity index (χ1v) is 6.58. The topological polar surface area (TPSA) is 78.2 Å². The molecule has 0 unspecified atom stereocenters. The van der Waals surface area contributed by atoms with E-state index in [4.69, 9.17) is 5.11 Å². The predicted octanol–water partition coefficient (Wildman–Crippen LogP) is 3.48. The summed E-state index contributed by atoms with van der Waals surface area (Å²) in [5.74, 6) is -1.37. The number of nitriles is 1. The summed E-state index contributed by atoms with van der Waals surface area (Å²) in [6, 6.07) is 15.0. The Morgan fingerprint density at radius 2 is 1.73 bits per heavy atom. The molecular formula is C18H13NO3. The lowest BCUT2D eigenvalue weighted by atomic mass is 9.98. The fraction of sp³-hybridized carbons (Fsp3) is 0.0556. The molecule has 0 bridgehead atoms. The maximum atomic E-state index is 12.4. The highest BCUT2D eigenvalue weighted by Crippen LogP contribution is 2.16. The summed E-state index contributed by atoms with van der Waals surface area (Å²) in [6.45, 7) is 1.81. The molecule has 2 aromatic rings. The summed E-state index contributed by atoms with van der Waals surface area (Å²) in [5, 5.41) is 18.1. The van der Waals surface area contributed by atoms with Crippen molar-refractivity contribution in [2.24, 2.45) is 0 Å². The Hall–Kier alpha value is -3.19. The summed E-state index contributed by atoms with van der Waals surface area (Å²) in [6.07, 6.45) is 1.46. The third-order valence-corrected chi connectivity index (χ3v) is 3.22. The van der Waals surface area contributed by atoms with Crippen LogP contribution in [-0.4, -0.2) is 16.9 Å². The highest BCUT2D eigenvalue weighted by Gasteiger charge is 2.14. The van der Waals surface area contributed by atoms with Crippen LogP contribution in [0.5, 0.6) is 0 Å². The van der Waals surface area contributed by atoms with Crippen molar-refractivity contribution in [1.82, 2.24) is 0 Å². The Morgan fingerprint density at radius 3 is 2.27 bits per heavy atom. The number of carbonyl (C=O) groups is 2. The number of aromatic carboxylic acids is 1. The fourth-order valence-electron chi connectivity index (χ4n) is 2.01. The Morgan fingerprint density at radius 1 is 1.09 bits per heavy atom. The summed E-state index contributed by atoms with van der Waals surface area (Å²) < 4.78 is 0. The van der Waals surface area contributed by atoms with Gasteiger partial charge in [-0.15, -0.1) is 0 Å². The summed E-state index contributed by atoms with van der Waals surface area (Å²) in [4.78, 5) is 23.2. The van der Waals surface area contributed by atoms with Crippen LogP contribution in [0.4, 0.5) is 0 Å². The number of rotatable bonds is 4. The number of aryl methyl sites for hydroxylation is 1. The zero-order chi connectivity index (χ0) is 16.1. The van der Waals surface area contributed by atoms with Gasteiger partial charge in [-0.2, -0.15) is 5.26 Å². The second kappa shape index (κ2) is 6.51. The molecule has 2 rings (SSSR count). The van der Waals surface area contributed by atoms with Gasteiger partial charge >= 0.3 is 5.97 Å². The Bertz CT molecular complexity index is 796. The molecule has 0 aliphatic rings. The van der Waals surface area contributed by atoms with E-state index in [1.54, 1.807) is 24.3 Å². The number of benzene rings is 2. The van der Waals surface area contributed by atoms with Gasteiger partial charge in [-0.05, 0) is 36.3 Å². The van der Waals surface area contributed by atoms with E-state index in [2.05, 4.69) is 0 Å². The third-order valence-electron chi connectivity index (χ3n) is 3.22. The standard InChI is InChI=1S/C18H13NO3/c1-12-4-2-3-5-16(12)17(20)15(11-19)10-13-6-8-14(9-7-13)18(21)22/h2-10H,1H3,(H,21,22)/b15-10+. The van der Waals surface area contributed by atoms with Crippen molar-refractivity contribution in [2.45, 2.75) is 6.92 Å². The average Bonchev–Trinajstić information content (AvgIpc) is 2.53. The average molecular weight is 291 g/mol. The van der Waals surface area contributed by atoms with Crippen LogP contribution >= 0.6 is 0 Å². The van der Waals surface area contributed by atoms with Crippen LogP contribution in [0.2, 0.25) is 0 Å². The van der Waals surface area contributed by atoms with Gasteiger partial charge in [-0.3, -0.25) is 4.79 Å². The van der Waals surface area contributed by atoms with Gasteiger partial charge in [-0.25, -0.2) is 4.79 Å². The minimum absolute atomic E-state index is 0.0115. The Kier molecular flexibility index (Phi) is 4.50. The maximum absolute atomic E-state index is 12.4. The molecule has 0 spiro atoms. The highest BCUT2D eigenvalue weighted by molar-refractivity contribution is 6.14. The molecule has 0 saturated carbocycles. The lowest BCUT2D eigenvalue weighted by Crippen LogP contribution is -2.04. The van der Waals surface area contributed by atoms with E-state index in [0.717, 1.165) is 5.56 Å². The molecule has 0 saturated heterocycles. The predicted molar refractivity (Wildman–Crippen MR) is 82.5 cm³/mol. The van der Waals surface area contributed by atoms with Crippen molar-refractivity contribution in [1.29, 1.82) is 5.26 Å². The summed E-state index contributed by atoms with van der Waals surface area (Å²) >= 11 is 0. The van der Waals surface area contributed by atoms with E-state index in [1.807, 2.05) is 25.1 Å². The van der Waals surface area contributed by atoms with Gasteiger partial charge < -0.3 is 5.11 Å². The van der Waals surface area contributed by atoms with E-state index < -0.39 is 5.97 Å². The van der Waals surface area contributed by atoms with Gasteiger partial charge in [0.05, 0.1) is 5.56 Å². The van der Waals surface area contributed by atoms with Gasteiger partial charge in [0.2, 0.25) is 5.78 Å². The van der Waals surface area contributed by atoms with Crippen LogP contribution in [0.1, 0.15) is 31.8 Å². The van der Waals surface area contributed by atoms with Crippen LogP contribution in [0, 0.1) is 18.3 Å². The number of nitrogens with zero attached hydrogens (tertiary/aromatic N) is 1. The maximum Gasteiger partial charge on any atom is 0.335 e. The minimum atomic E-state index is -1.02. The molecule has 0 atom stereocenters. The molecule has 108 valence electrons. The van der Waals surface area contributed by atoms with Gasteiger partial charge in [0, 0.05) is 5.56 Å². The van der Waals surface area contributed by atoms with Crippen molar-refractivity contribution < 1.29 is 14.7 Å². The molecular weight excluding hydrogens is 278 g/mol. The number of hydrogen-bond donors (Lipinski definition) is 1. The SMILES string of the molecule is Cc1ccccc1C(=O)/C(C#N)=C/c1ccc(C(=O)O)cc1. The molecule has 4 nitrogen and oxygen atoms in total. The summed E-state index contributed by atoms with van der Waals surface area (Å²) in [5.41, 5.74) is 2.05. The van der Waals surface area contributed by atoms with Crippen molar-refractivity contribution in [3.05, 3.63) is 76.4 Å². The zero-order valence-corrected chi connectivity index (χ0v) is 11.9. The van der Waals surface area contributed by atoms with E-state index >= 15 is 0 Å². The van der Waals surface area contributed by atoms with Gasteiger partial charge in [0.15, 0.2) is 0 Å². The van der Waals surface area contributed by atoms with Crippen molar-refractivity contribution in [3.63, 3.8) is 0 Å². The quantitative estimate of drug-likeness (QED) is 0.531. The zero-order valence-electron chi connectivity index (χ0n) is 11.9. The summed E-state index contributed by atoms with van der Waals surface area (Å²) in [7, 11) is 0. The molecule has 22 heavy (non-hydrogen) atoms. The first-order chi connectivity index (χ1) is 10.5. The third kappa shape index (κ3) is 3.28.